The molecule has 21 heavy (non-hydrogen) atoms. The molecular weight excluding hydrogens is 298 g/mol. The molecule has 0 aliphatic heterocycles. The molecule has 4 atom stereocenters. The molecule has 1 amide bonds. The molecule has 2 aliphatic carbocycles. The van der Waals surface area contributed by atoms with E-state index in [1.54, 1.807) is 6.07 Å². The molecule has 0 radical (unpaired) electrons. The molecule has 116 valence electrons. The van der Waals surface area contributed by atoms with Gasteiger partial charge >= 0.3 is 0 Å². The number of amides is 1. The first kappa shape index (κ1) is 16.2. The van der Waals surface area contributed by atoms with Crippen molar-refractivity contribution < 1.29 is 13.6 Å². The van der Waals surface area contributed by atoms with E-state index in [2.05, 4.69) is 5.32 Å². The fraction of sp³-hybridized carbons (Fsp3) is 0.533. The highest BCUT2D eigenvalue weighted by atomic mass is 35.5. The Morgan fingerprint density at radius 1 is 1.29 bits per heavy atom. The van der Waals surface area contributed by atoms with Crippen molar-refractivity contribution in [2.24, 2.45) is 23.5 Å². The zero-order valence-corrected chi connectivity index (χ0v) is 12.3. The second kappa shape index (κ2) is 6.28. The Morgan fingerprint density at radius 3 is 2.62 bits per heavy atom. The minimum Gasteiger partial charge on any atom is -0.327 e. The number of nitrogens with two attached hydrogens (primary N) is 1. The van der Waals surface area contributed by atoms with E-state index < -0.39 is 6.43 Å². The van der Waals surface area contributed by atoms with Gasteiger partial charge in [-0.25, -0.2) is 8.78 Å². The molecule has 2 fully saturated rings. The van der Waals surface area contributed by atoms with Crippen molar-refractivity contribution in [2.45, 2.75) is 31.7 Å². The Labute approximate surface area is 128 Å². The second-order valence-electron chi connectivity index (χ2n) is 5.85. The molecule has 2 saturated carbocycles. The van der Waals surface area contributed by atoms with Gasteiger partial charge < -0.3 is 11.1 Å². The van der Waals surface area contributed by atoms with Gasteiger partial charge in [0.15, 0.2) is 0 Å². The van der Waals surface area contributed by atoms with Crippen LogP contribution in [0.4, 0.5) is 14.5 Å². The first-order chi connectivity index (χ1) is 9.56. The van der Waals surface area contributed by atoms with Gasteiger partial charge in [-0.2, -0.15) is 0 Å². The zero-order valence-electron chi connectivity index (χ0n) is 11.5. The summed E-state index contributed by atoms with van der Waals surface area (Å²) in [5, 5.41) is 2.74. The van der Waals surface area contributed by atoms with Crippen molar-refractivity contribution in [3.05, 3.63) is 29.8 Å². The van der Waals surface area contributed by atoms with E-state index in [4.69, 9.17) is 5.73 Å². The number of hydrogen-bond acceptors (Lipinski definition) is 2. The maximum Gasteiger partial charge on any atom is 0.263 e. The first-order valence-corrected chi connectivity index (χ1v) is 7.01. The van der Waals surface area contributed by atoms with Crippen LogP contribution in [0.25, 0.3) is 0 Å². The number of carbonyl (C=O) groups excluding carboxylic acids is 1. The lowest BCUT2D eigenvalue weighted by atomic mass is 9.84. The second-order valence-corrected chi connectivity index (χ2v) is 5.85. The smallest absolute Gasteiger partial charge is 0.263 e. The maximum absolute atomic E-state index is 12.6. The van der Waals surface area contributed by atoms with E-state index in [0.717, 1.165) is 19.3 Å². The molecule has 3 N–H and O–H groups in total. The first-order valence-electron chi connectivity index (χ1n) is 7.01. The highest BCUT2D eigenvalue weighted by Crippen LogP contribution is 2.47. The molecule has 3 nitrogen and oxygen atoms in total. The third-order valence-corrected chi connectivity index (χ3v) is 4.69. The molecule has 3 rings (SSSR count). The van der Waals surface area contributed by atoms with Crippen LogP contribution in [0.3, 0.4) is 0 Å². The van der Waals surface area contributed by atoms with Gasteiger partial charge in [0.1, 0.15) is 0 Å². The van der Waals surface area contributed by atoms with E-state index in [-0.39, 0.29) is 35.8 Å². The van der Waals surface area contributed by atoms with Gasteiger partial charge in [-0.05, 0) is 43.2 Å². The molecule has 0 spiro atoms. The zero-order chi connectivity index (χ0) is 14.3. The Balaban J connectivity index is 0.00000161. The number of benzene rings is 1. The Hall–Kier alpha value is -1.20. The lowest BCUT2D eigenvalue weighted by Gasteiger charge is -2.27. The molecule has 0 saturated heterocycles. The number of alkyl halides is 2. The quantitative estimate of drug-likeness (QED) is 0.898. The van der Waals surface area contributed by atoms with Crippen LogP contribution in [0, 0.1) is 17.8 Å². The minimum atomic E-state index is -2.53. The molecule has 1 aromatic carbocycles. The molecule has 0 heterocycles. The SMILES string of the molecule is Cl.NC1C2CCC(C2)C1C(=O)Nc1cccc(C(F)F)c1. The average Bonchev–Trinajstić information content (AvgIpc) is 2.99. The van der Waals surface area contributed by atoms with Crippen molar-refractivity contribution in [3.8, 4) is 0 Å². The van der Waals surface area contributed by atoms with Gasteiger partial charge in [0.2, 0.25) is 5.91 Å². The Kier molecular flexibility index (Phi) is 4.84. The molecule has 4 unspecified atom stereocenters. The molecule has 6 heteroatoms. The fourth-order valence-corrected chi connectivity index (χ4v) is 3.70. The summed E-state index contributed by atoms with van der Waals surface area (Å²) < 4.78 is 25.3. The summed E-state index contributed by atoms with van der Waals surface area (Å²) >= 11 is 0. The fourth-order valence-electron chi connectivity index (χ4n) is 3.70. The molecule has 2 aliphatic rings. The third kappa shape index (κ3) is 3.04. The number of hydrogen-bond donors (Lipinski definition) is 2. The van der Waals surface area contributed by atoms with Crippen LogP contribution in [-0.2, 0) is 4.79 Å². The van der Waals surface area contributed by atoms with Crippen molar-refractivity contribution in [1.29, 1.82) is 0 Å². The number of nitrogens with one attached hydrogen (secondary N) is 1. The van der Waals surface area contributed by atoms with Crippen LogP contribution in [-0.4, -0.2) is 11.9 Å². The molecule has 2 bridgehead atoms. The lowest BCUT2D eigenvalue weighted by molar-refractivity contribution is -0.121. The van der Waals surface area contributed by atoms with Crippen LogP contribution < -0.4 is 11.1 Å². The minimum absolute atomic E-state index is 0. The predicted molar refractivity (Wildman–Crippen MR) is 79.6 cm³/mol. The van der Waals surface area contributed by atoms with Crippen LogP contribution in [0.15, 0.2) is 24.3 Å². The number of anilines is 1. The predicted octanol–water partition coefficient (Wildman–Crippen LogP) is 3.36. The van der Waals surface area contributed by atoms with Gasteiger partial charge in [-0.3, -0.25) is 4.79 Å². The summed E-state index contributed by atoms with van der Waals surface area (Å²) in [6.07, 6.45) is 0.650. The summed E-state index contributed by atoms with van der Waals surface area (Å²) in [7, 11) is 0. The number of halogens is 3. The average molecular weight is 317 g/mol. The van der Waals surface area contributed by atoms with E-state index in [0.29, 0.717) is 17.5 Å². The van der Waals surface area contributed by atoms with Gasteiger partial charge in [0, 0.05) is 17.3 Å². The molecule has 1 aromatic rings. The summed E-state index contributed by atoms with van der Waals surface area (Å²) in [5.74, 6) is 0.497. The van der Waals surface area contributed by atoms with Crippen LogP contribution >= 0.6 is 12.4 Å². The van der Waals surface area contributed by atoms with Gasteiger partial charge in [-0.1, -0.05) is 12.1 Å². The highest BCUT2D eigenvalue weighted by molar-refractivity contribution is 5.93. The summed E-state index contributed by atoms with van der Waals surface area (Å²) in [6, 6.07) is 5.73. The van der Waals surface area contributed by atoms with E-state index in [9.17, 15) is 13.6 Å². The Morgan fingerprint density at radius 2 is 2.00 bits per heavy atom. The van der Waals surface area contributed by atoms with Gasteiger partial charge in [0.05, 0.1) is 5.92 Å². The van der Waals surface area contributed by atoms with E-state index in [1.165, 1.54) is 18.2 Å². The van der Waals surface area contributed by atoms with Crippen LogP contribution in [0.2, 0.25) is 0 Å². The van der Waals surface area contributed by atoms with E-state index >= 15 is 0 Å². The van der Waals surface area contributed by atoms with Crippen LogP contribution in [0.1, 0.15) is 31.3 Å². The summed E-state index contributed by atoms with van der Waals surface area (Å²) in [6.45, 7) is 0. The standard InChI is InChI=1S/C15H18F2N2O.ClH/c16-14(17)10-2-1-3-11(7-10)19-15(20)12-8-4-5-9(6-8)13(12)18;/h1-3,7-9,12-14H,4-6,18H2,(H,19,20);1H. The van der Waals surface area contributed by atoms with Crippen LogP contribution in [0.5, 0.6) is 0 Å². The Bertz CT molecular complexity index is 524. The number of carbonyl (C=O) groups is 1. The van der Waals surface area contributed by atoms with Gasteiger partial charge in [0.25, 0.3) is 6.43 Å². The highest BCUT2D eigenvalue weighted by Gasteiger charge is 2.49. The molecular formula is C15H19ClF2N2O. The monoisotopic (exact) mass is 316 g/mol. The number of fused-ring (bicyclic) bond motifs is 2. The van der Waals surface area contributed by atoms with Crippen molar-refractivity contribution in [3.63, 3.8) is 0 Å². The topological polar surface area (TPSA) is 55.1 Å². The van der Waals surface area contributed by atoms with Crippen molar-refractivity contribution in [1.82, 2.24) is 0 Å². The normalized spacial score (nSPS) is 30.3. The molecule has 0 aromatic heterocycles. The van der Waals surface area contributed by atoms with Crippen molar-refractivity contribution in [2.75, 3.05) is 5.32 Å². The number of rotatable bonds is 3. The maximum atomic E-state index is 12.6. The largest absolute Gasteiger partial charge is 0.327 e. The van der Waals surface area contributed by atoms with Crippen molar-refractivity contribution >= 4 is 24.0 Å². The summed E-state index contributed by atoms with van der Waals surface area (Å²) in [5.41, 5.74) is 6.45. The summed E-state index contributed by atoms with van der Waals surface area (Å²) in [4.78, 5) is 12.3. The lowest BCUT2D eigenvalue weighted by Crippen LogP contribution is -2.42. The van der Waals surface area contributed by atoms with Gasteiger partial charge in [-0.15, -0.1) is 12.4 Å². The third-order valence-electron chi connectivity index (χ3n) is 4.69. The van der Waals surface area contributed by atoms with E-state index in [1.807, 2.05) is 0 Å².